The molecule has 150 valence electrons. The van der Waals surface area contributed by atoms with Gasteiger partial charge >= 0.3 is 11.9 Å². The normalized spacial score (nSPS) is 46.0. The summed E-state index contributed by atoms with van der Waals surface area (Å²) in [5.41, 5.74) is -0.888. The Kier molecular flexibility index (Phi) is 4.82. The first-order valence-electron chi connectivity index (χ1n) is 9.91. The van der Waals surface area contributed by atoms with E-state index in [-0.39, 0.29) is 30.0 Å². The summed E-state index contributed by atoms with van der Waals surface area (Å²) in [6.45, 7) is 13.3. The summed E-state index contributed by atoms with van der Waals surface area (Å²) in [7, 11) is 0. The van der Waals surface area contributed by atoms with Crippen molar-refractivity contribution >= 4 is 11.9 Å². The third-order valence-electron chi connectivity index (χ3n) is 7.98. The summed E-state index contributed by atoms with van der Waals surface area (Å²) in [4.78, 5) is 24.5. The molecule has 3 fully saturated rings. The fourth-order valence-corrected chi connectivity index (χ4v) is 6.06. The topological polar surface area (TPSA) is 76.1 Å². The molecule has 0 unspecified atom stereocenters. The number of carbonyl (C=O) groups excluding carboxylic acids is 1. The first-order chi connectivity index (χ1) is 12.5. The summed E-state index contributed by atoms with van der Waals surface area (Å²) >= 11 is 0. The number of carboxylic acid groups (broad SMARTS) is 1. The zero-order valence-electron chi connectivity index (χ0n) is 17.1. The standard InChI is InChI=1S/C22H32O5/c1-7-13(2)10-11-22(19(24)25)14(3)12-18(26-15(4)23)20(5)16(22)8-9-17-21(20,6)27-17/h7,10,14,16-18H,1,8-9,11-12H2,2-6H3,(H,24,25)/b13-10-/t14-,16+,17-,18+,20+,21-,22-/m1/s1. The van der Waals surface area contributed by atoms with Gasteiger partial charge in [0.15, 0.2) is 0 Å². The maximum atomic E-state index is 12.7. The number of allylic oxidation sites excluding steroid dienone is 3. The second kappa shape index (κ2) is 6.47. The van der Waals surface area contributed by atoms with E-state index in [0.717, 1.165) is 18.4 Å². The minimum Gasteiger partial charge on any atom is -0.481 e. The van der Waals surface area contributed by atoms with Gasteiger partial charge in [-0.25, -0.2) is 0 Å². The van der Waals surface area contributed by atoms with E-state index in [2.05, 4.69) is 20.4 Å². The van der Waals surface area contributed by atoms with Crippen molar-refractivity contribution < 1.29 is 24.2 Å². The van der Waals surface area contributed by atoms with Gasteiger partial charge in [-0.2, -0.15) is 0 Å². The highest BCUT2D eigenvalue weighted by atomic mass is 16.6. The largest absolute Gasteiger partial charge is 0.481 e. The minimum atomic E-state index is -0.907. The van der Waals surface area contributed by atoms with Crippen LogP contribution in [0, 0.1) is 22.7 Å². The van der Waals surface area contributed by atoms with Crippen LogP contribution in [0.15, 0.2) is 24.3 Å². The lowest BCUT2D eigenvalue weighted by Gasteiger charge is -2.60. The number of ether oxygens (including phenoxy) is 2. The number of hydrogen-bond acceptors (Lipinski definition) is 4. The van der Waals surface area contributed by atoms with Crippen LogP contribution >= 0.6 is 0 Å². The monoisotopic (exact) mass is 376 g/mol. The van der Waals surface area contributed by atoms with E-state index in [0.29, 0.717) is 12.8 Å². The fraction of sp³-hybridized carbons (Fsp3) is 0.727. The molecule has 1 N–H and O–H groups in total. The number of carboxylic acids is 1. The van der Waals surface area contributed by atoms with E-state index >= 15 is 0 Å². The molecule has 0 amide bonds. The molecule has 3 aliphatic rings. The van der Waals surface area contributed by atoms with Gasteiger partial charge in [0.25, 0.3) is 0 Å². The number of esters is 1. The maximum absolute atomic E-state index is 12.7. The van der Waals surface area contributed by atoms with Gasteiger partial charge in [-0.1, -0.05) is 38.2 Å². The van der Waals surface area contributed by atoms with E-state index in [1.165, 1.54) is 6.92 Å². The molecule has 1 aliphatic heterocycles. The molecule has 27 heavy (non-hydrogen) atoms. The molecular formula is C22H32O5. The van der Waals surface area contributed by atoms with E-state index in [1.807, 2.05) is 19.9 Å². The number of aliphatic carboxylic acids is 1. The van der Waals surface area contributed by atoms with E-state index in [1.54, 1.807) is 6.08 Å². The molecule has 1 saturated heterocycles. The Hall–Kier alpha value is -1.62. The van der Waals surface area contributed by atoms with Gasteiger partial charge in [0.2, 0.25) is 0 Å². The van der Waals surface area contributed by atoms with Crippen molar-refractivity contribution in [1.29, 1.82) is 0 Å². The highest BCUT2D eigenvalue weighted by Gasteiger charge is 2.77. The van der Waals surface area contributed by atoms with Crippen LogP contribution in [0.25, 0.3) is 0 Å². The Labute approximate surface area is 161 Å². The summed E-state index contributed by atoms with van der Waals surface area (Å²) in [6.07, 6.45) is 6.16. The van der Waals surface area contributed by atoms with Crippen molar-refractivity contribution in [3.8, 4) is 0 Å². The van der Waals surface area contributed by atoms with Crippen molar-refractivity contribution in [1.82, 2.24) is 0 Å². The van der Waals surface area contributed by atoms with Crippen molar-refractivity contribution in [2.45, 2.75) is 78.1 Å². The maximum Gasteiger partial charge on any atom is 0.310 e. The number of fused-ring (bicyclic) bond motifs is 3. The molecule has 0 bridgehead atoms. The minimum absolute atomic E-state index is 0.120. The van der Waals surface area contributed by atoms with E-state index < -0.39 is 22.4 Å². The van der Waals surface area contributed by atoms with Gasteiger partial charge in [-0.05, 0) is 51.4 Å². The lowest BCUT2D eigenvalue weighted by Crippen LogP contribution is -2.66. The Bertz CT molecular complexity index is 697. The molecule has 2 aliphatic carbocycles. The van der Waals surface area contributed by atoms with Gasteiger partial charge < -0.3 is 14.6 Å². The molecule has 7 atom stereocenters. The number of carbonyl (C=O) groups is 2. The predicted octanol–water partition coefficient (Wildman–Crippen LogP) is 4.13. The Morgan fingerprint density at radius 1 is 1.30 bits per heavy atom. The van der Waals surface area contributed by atoms with Crippen LogP contribution in [0.1, 0.15) is 60.3 Å². The molecule has 1 heterocycles. The van der Waals surface area contributed by atoms with Gasteiger partial charge in [0, 0.05) is 12.3 Å². The van der Waals surface area contributed by atoms with Crippen LogP contribution in [0.5, 0.6) is 0 Å². The van der Waals surface area contributed by atoms with Crippen molar-refractivity contribution in [3.05, 3.63) is 24.3 Å². The van der Waals surface area contributed by atoms with Crippen LogP contribution < -0.4 is 0 Å². The molecule has 0 spiro atoms. The average Bonchev–Trinajstić information content (AvgIpc) is 3.27. The molecule has 0 aromatic carbocycles. The van der Waals surface area contributed by atoms with Gasteiger partial charge in [0.1, 0.15) is 11.7 Å². The summed E-state index contributed by atoms with van der Waals surface area (Å²) in [5.74, 6) is -1.33. The Balaban J connectivity index is 2.12. The summed E-state index contributed by atoms with van der Waals surface area (Å²) < 4.78 is 11.9. The quantitative estimate of drug-likeness (QED) is 0.444. The van der Waals surface area contributed by atoms with Gasteiger partial charge in [-0.15, -0.1) is 0 Å². The Morgan fingerprint density at radius 2 is 1.96 bits per heavy atom. The zero-order valence-corrected chi connectivity index (χ0v) is 17.1. The lowest BCUT2D eigenvalue weighted by atomic mass is 9.43. The fourth-order valence-electron chi connectivity index (χ4n) is 6.06. The van der Waals surface area contributed by atoms with Gasteiger partial charge in [-0.3, -0.25) is 9.59 Å². The molecule has 0 aromatic heterocycles. The van der Waals surface area contributed by atoms with Crippen LogP contribution in [0.3, 0.4) is 0 Å². The van der Waals surface area contributed by atoms with Crippen LogP contribution in [0.4, 0.5) is 0 Å². The average molecular weight is 376 g/mol. The summed E-state index contributed by atoms with van der Waals surface area (Å²) in [6, 6.07) is 0. The molecule has 5 heteroatoms. The Morgan fingerprint density at radius 3 is 2.52 bits per heavy atom. The molecular weight excluding hydrogens is 344 g/mol. The third-order valence-corrected chi connectivity index (χ3v) is 7.98. The smallest absolute Gasteiger partial charge is 0.310 e. The highest BCUT2D eigenvalue weighted by Crippen LogP contribution is 2.70. The molecule has 5 nitrogen and oxygen atoms in total. The second-order valence-electron chi connectivity index (χ2n) is 9.06. The van der Waals surface area contributed by atoms with Crippen molar-refractivity contribution in [3.63, 3.8) is 0 Å². The van der Waals surface area contributed by atoms with Crippen LogP contribution in [-0.4, -0.2) is 34.9 Å². The molecule has 0 aromatic rings. The molecule has 0 radical (unpaired) electrons. The van der Waals surface area contributed by atoms with E-state index in [4.69, 9.17) is 9.47 Å². The first-order valence-corrected chi connectivity index (χ1v) is 9.91. The van der Waals surface area contributed by atoms with E-state index in [9.17, 15) is 14.7 Å². The number of hydrogen-bond donors (Lipinski definition) is 1. The van der Waals surface area contributed by atoms with Gasteiger partial charge in [0.05, 0.1) is 11.5 Å². The zero-order chi connectivity index (χ0) is 20.2. The van der Waals surface area contributed by atoms with Crippen LogP contribution in [-0.2, 0) is 19.1 Å². The third kappa shape index (κ3) is 2.69. The van der Waals surface area contributed by atoms with Crippen LogP contribution in [0.2, 0.25) is 0 Å². The SMILES string of the molecule is C=C/C(C)=C\C[C@@]1(C(=O)O)[C@H](C)C[C@H](OC(C)=O)[C@]2(C)[C@@H]1CC[C@H]1O[C@]12C. The highest BCUT2D eigenvalue weighted by molar-refractivity contribution is 5.77. The van der Waals surface area contributed by atoms with Crippen molar-refractivity contribution in [2.75, 3.05) is 0 Å². The lowest BCUT2D eigenvalue weighted by molar-refractivity contribution is -0.208. The van der Waals surface area contributed by atoms with Crippen molar-refractivity contribution in [2.24, 2.45) is 22.7 Å². The first kappa shape index (κ1) is 20.1. The molecule has 2 saturated carbocycles. The predicted molar refractivity (Wildman–Crippen MR) is 102 cm³/mol. The number of rotatable bonds is 5. The summed E-state index contributed by atoms with van der Waals surface area (Å²) in [5, 5.41) is 10.4. The second-order valence-corrected chi connectivity index (χ2v) is 9.06. The number of epoxide rings is 1. The molecule has 3 rings (SSSR count).